The highest BCUT2D eigenvalue weighted by Crippen LogP contribution is 2.43. The van der Waals surface area contributed by atoms with Crippen molar-refractivity contribution in [2.24, 2.45) is 0 Å². The molecular weight excluding hydrogens is 316 g/mol. The first kappa shape index (κ1) is 16.6. The minimum absolute atomic E-state index is 0.0606. The van der Waals surface area contributed by atoms with Gasteiger partial charge in [0.2, 0.25) is 0 Å². The number of carboxylic acids is 1. The highest BCUT2D eigenvalue weighted by Gasteiger charge is 2.25. The topological polar surface area (TPSA) is 37.3 Å². The van der Waals surface area contributed by atoms with E-state index < -0.39 is 5.97 Å². The van der Waals surface area contributed by atoms with Crippen LogP contribution in [-0.4, -0.2) is 17.3 Å². The van der Waals surface area contributed by atoms with Crippen molar-refractivity contribution in [2.75, 3.05) is 6.26 Å². The number of benzene rings is 2. The number of allylic oxidation sites excluding steroid dienone is 2. The van der Waals surface area contributed by atoms with E-state index in [4.69, 9.17) is 0 Å². The molecule has 3 rings (SSSR count). The van der Waals surface area contributed by atoms with Crippen molar-refractivity contribution in [2.45, 2.75) is 25.2 Å². The minimum atomic E-state index is -0.789. The van der Waals surface area contributed by atoms with Crippen molar-refractivity contribution in [1.29, 1.82) is 0 Å². The molecule has 0 bridgehead atoms. The van der Waals surface area contributed by atoms with Crippen molar-refractivity contribution < 1.29 is 9.90 Å². The molecule has 2 aromatic carbocycles. The maximum Gasteiger partial charge on any atom is 0.307 e. The first-order valence-corrected chi connectivity index (χ1v) is 9.11. The van der Waals surface area contributed by atoms with Crippen LogP contribution in [0.3, 0.4) is 0 Å². The maximum absolute atomic E-state index is 11.3. The number of carbonyl (C=O) groups is 1. The molecule has 3 heteroatoms. The average molecular weight is 336 g/mol. The van der Waals surface area contributed by atoms with Crippen LogP contribution in [0.4, 0.5) is 0 Å². The number of carboxylic acid groups (broad SMARTS) is 1. The van der Waals surface area contributed by atoms with E-state index in [1.165, 1.54) is 4.90 Å². The molecule has 2 nitrogen and oxygen atoms in total. The van der Waals surface area contributed by atoms with Gasteiger partial charge in [0.05, 0.1) is 6.42 Å². The number of aliphatic carboxylic acids is 1. The molecule has 122 valence electrons. The second-order valence-electron chi connectivity index (χ2n) is 6.05. The third-order valence-corrected chi connectivity index (χ3v) is 5.15. The summed E-state index contributed by atoms with van der Waals surface area (Å²) < 4.78 is 0. The summed E-state index contributed by atoms with van der Waals surface area (Å²) in [6.07, 6.45) is 4.28. The molecule has 1 N–H and O–H groups in total. The summed E-state index contributed by atoms with van der Waals surface area (Å²) in [5, 5.41) is 9.26. The van der Waals surface area contributed by atoms with E-state index in [9.17, 15) is 9.90 Å². The lowest BCUT2D eigenvalue weighted by Crippen LogP contribution is -1.97. The minimum Gasteiger partial charge on any atom is -0.481 e. The van der Waals surface area contributed by atoms with E-state index in [1.54, 1.807) is 11.8 Å². The Morgan fingerprint density at radius 3 is 2.42 bits per heavy atom. The molecule has 0 unspecified atom stereocenters. The van der Waals surface area contributed by atoms with Crippen LogP contribution < -0.4 is 0 Å². The standard InChI is InChI=1S/C21H20O2S/c1-13-4-9-17-18(11-15-5-7-16(24-3)8-6-15)14(2)19(12-21(22)23)20(17)10-13/h4-11H,12H2,1-3H3,(H,22,23)/b18-11-. The number of hydrogen-bond acceptors (Lipinski definition) is 2. The monoisotopic (exact) mass is 336 g/mol. The molecule has 0 spiro atoms. The normalized spacial score (nSPS) is 15.0. The van der Waals surface area contributed by atoms with Gasteiger partial charge in [-0.1, -0.05) is 35.9 Å². The SMILES string of the molecule is CSc1ccc(/C=C2/C(C)=C(CC(=O)O)c3cc(C)ccc32)cc1. The second-order valence-corrected chi connectivity index (χ2v) is 6.93. The van der Waals surface area contributed by atoms with Gasteiger partial charge in [-0.15, -0.1) is 11.8 Å². The fourth-order valence-electron chi connectivity index (χ4n) is 3.14. The number of hydrogen-bond donors (Lipinski definition) is 1. The molecule has 1 aliphatic rings. The van der Waals surface area contributed by atoms with Crippen LogP contribution in [0.2, 0.25) is 0 Å². The lowest BCUT2D eigenvalue weighted by Gasteiger charge is -2.06. The number of thioether (sulfide) groups is 1. The van der Waals surface area contributed by atoms with Crippen LogP contribution in [0.5, 0.6) is 0 Å². The second kappa shape index (κ2) is 6.70. The summed E-state index contributed by atoms with van der Waals surface area (Å²) in [4.78, 5) is 12.5. The van der Waals surface area contributed by atoms with Gasteiger partial charge in [0.1, 0.15) is 0 Å². The summed E-state index contributed by atoms with van der Waals surface area (Å²) in [6, 6.07) is 14.7. The van der Waals surface area contributed by atoms with E-state index in [-0.39, 0.29) is 6.42 Å². The average Bonchev–Trinajstić information content (AvgIpc) is 2.80. The molecule has 0 amide bonds. The van der Waals surface area contributed by atoms with Crippen LogP contribution in [0.15, 0.2) is 52.9 Å². The van der Waals surface area contributed by atoms with Gasteiger partial charge >= 0.3 is 5.97 Å². The highest BCUT2D eigenvalue weighted by molar-refractivity contribution is 7.98. The largest absolute Gasteiger partial charge is 0.481 e. The Kier molecular flexibility index (Phi) is 4.63. The van der Waals surface area contributed by atoms with E-state index in [0.29, 0.717) is 0 Å². The van der Waals surface area contributed by atoms with Gasteiger partial charge in [0.25, 0.3) is 0 Å². The Hall–Kier alpha value is -2.26. The van der Waals surface area contributed by atoms with Crippen molar-refractivity contribution in [3.8, 4) is 0 Å². The fourth-order valence-corrected chi connectivity index (χ4v) is 3.55. The van der Waals surface area contributed by atoms with Crippen LogP contribution in [0.1, 0.15) is 35.6 Å². The van der Waals surface area contributed by atoms with Crippen LogP contribution in [0.25, 0.3) is 17.2 Å². The van der Waals surface area contributed by atoms with Crippen molar-refractivity contribution >= 4 is 35.0 Å². The zero-order valence-electron chi connectivity index (χ0n) is 14.1. The van der Waals surface area contributed by atoms with Gasteiger partial charge < -0.3 is 5.11 Å². The van der Waals surface area contributed by atoms with Gasteiger partial charge in [0, 0.05) is 4.90 Å². The van der Waals surface area contributed by atoms with Crippen LogP contribution in [0, 0.1) is 6.92 Å². The highest BCUT2D eigenvalue weighted by atomic mass is 32.2. The Morgan fingerprint density at radius 1 is 1.08 bits per heavy atom. The molecule has 0 atom stereocenters. The Bertz CT molecular complexity index is 858. The van der Waals surface area contributed by atoms with E-state index >= 15 is 0 Å². The zero-order chi connectivity index (χ0) is 17.3. The quantitative estimate of drug-likeness (QED) is 0.747. The summed E-state index contributed by atoms with van der Waals surface area (Å²) in [7, 11) is 0. The van der Waals surface area contributed by atoms with Crippen molar-refractivity contribution in [3.63, 3.8) is 0 Å². The number of aryl methyl sites for hydroxylation is 1. The van der Waals surface area contributed by atoms with Gasteiger partial charge in [-0.3, -0.25) is 4.79 Å². The third kappa shape index (κ3) is 3.17. The maximum atomic E-state index is 11.3. The smallest absolute Gasteiger partial charge is 0.307 e. The van der Waals surface area contributed by atoms with Gasteiger partial charge in [-0.25, -0.2) is 0 Å². The fraction of sp³-hybridized carbons (Fsp3) is 0.190. The van der Waals surface area contributed by atoms with Gasteiger partial charge in [0.15, 0.2) is 0 Å². The summed E-state index contributed by atoms with van der Waals surface area (Å²) >= 11 is 1.72. The number of rotatable bonds is 4. The first-order chi connectivity index (χ1) is 11.5. The van der Waals surface area contributed by atoms with Crippen molar-refractivity contribution in [3.05, 3.63) is 70.3 Å². The van der Waals surface area contributed by atoms with E-state index in [2.05, 4.69) is 54.8 Å². The van der Waals surface area contributed by atoms with Gasteiger partial charge in [-0.2, -0.15) is 0 Å². The molecule has 0 heterocycles. The summed E-state index contributed by atoms with van der Waals surface area (Å²) in [5.41, 5.74) is 7.57. The van der Waals surface area contributed by atoms with Crippen LogP contribution >= 0.6 is 11.8 Å². The van der Waals surface area contributed by atoms with E-state index in [0.717, 1.165) is 39.0 Å². The molecule has 24 heavy (non-hydrogen) atoms. The lowest BCUT2D eigenvalue weighted by molar-refractivity contribution is -0.135. The lowest BCUT2D eigenvalue weighted by atomic mass is 9.99. The summed E-state index contributed by atoms with van der Waals surface area (Å²) in [5.74, 6) is -0.789. The molecule has 0 saturated carbocycles. The zero-order valence-corrected chi connectivity index (χ0v) is 14.9. The molecule has 0 aromatic heterocycles. The Labute approximate surface area is 146 Å². The molecule has 0 radical (unpaired) electrons. The first-order valence-electron chi connectivity index (χ1n) is 7.88. The molecule has 0 aliphatic heterocycles. The molecule has 1 aliphatic carbocycles. The van der Waals surface area contributed by atoms with Crippen molar-refractivity contribution in [1.82, 2.24) is 0 Å². The third-order valence-electron chi connectivity index (χ3n) is 4.40. The van der Waals surface area contributed by atoms with E-state index in [1.807, 2.05) is 13.8 Å². The Balaban J connectivity index is 2.11. The number of fused-ring (bicyclic) bond motifs is 1. The predicted molar refractivity (Wildman–Crippen MR) is 102 cm³/mol. The Morgan fingerprint density at radius 2 is 1.79 bits per heavy atom. The molecular formula is C21H20O2S. The molecule has 0 saturated heterocycles. The molecule has 0 fully saturated rings. The molecule has 2 aromatic rings. The van der Waals surface area contributed by atoms with Crippen LogP contribution in [-0.2, 0) is 4.79 Å². The van der Waals surface area contributed by atoms with Gasteiger partial charge in [-0.05, 0) is 71.7 Å². The summed E-state index contributed by atoms with van der Waals surface area (Å²) in [6.45, 7) is 4.06. The predicted octanol–water partition coefficient (Wildman–Crippen LogP) is 5.52.